The van der Waals surface area contributed by atoms with Gasteiger partial charge in [0.25, 0.3) is 0 Å². The third kappa shape index (κ3) is 3.68. The molecule has 0 fully saturated rings. The highest BCUT2D eigenvalue weighted by Gasteiger charge is 1.92. The summed E-state index contributed by atoms with van der Waals surface area (Å²) in [5.74, 6) is 0. The van der Waals surface area contributed by atoms with E-state index in [1.807, 2.05) is 39.0 Å². The molecule has 0 unspecified atom stereocenters. The molecule has 1 aromatic carbocycles. The van der Waals surface area contributed by atoms with Crippen LogP contribution in [0.5, 0.6) is 0 Å². The molecule has 0 amide bonds. The highest BCUT2D eigenvalue weighted by atomic mass is 35.5. The predicted molar refractivity (Wildman–Crippen MR) is 54.8 cm³/mol. The van der Waals surface area contributed by atoms with Crippen LogP contribution < -0.4 is 0 Å². The summed E-state index contributed by atoms with van der Waals surface area (Å²) in [6.07, 6.45) is 0. The molecule has 11 heavy (non-hydrogen) atoms. The first-order chi connectivity index (χ1) is 5.20. The Morgan fingerprint density at radius 1 is 1.27 bits per heavy atom. The quantitative estimate of drug-likeness (QED) is 0.586. The second-order valence-corrected chi connectivity index (χ2v) is 2.84. The molecule has 0 aromatic heterocycles. The zero-order valence-electron chi connectivity index (χ0n) is 7.06. The topological polar surface area (TPSA) is 0 Å². The van der Waals surface area contributed by atoms with Crippen molar-refractivity contribution in [1.29, 1.82) is 0 Å². The molecule has 0 N–H and O–H groups in total. The largest absolute Gasteiger partial charge is 0.142 e. The fourth-order valence-electron chi connectivity index (χ4n) is 0.612. The fourth-order valence-corrected chi connectivity index (χ4v) is 0.986. The van der Waals surface area contributed by atoms with Crippen LogP contribution in [0.4, 0.5) is 0 Å². The number of rotatable bonds is 0. The van der Waals surface area contributed by atoms with Gasteiger partial charge in [-0.3, -0.25) is 0 Å². The Bertz CT molecular complexity index is 221. The highest BCUT2D eigenvalue weighted by Crippen LogP contribution is 2.19. The first-order valence-corrected chi connectivity index (χ1v) is 4.48. The van der Waals surface area contributed by atoms with Crippen molar-refractivity contribution in [1.82, 2.24) is 0 Å². The molecule has 2 heteroatoms. The van der Waals surface area contributed by atoms with Crippen LogP contribution in [0.15, 0.2) is 23.1 Å². The number of hydrogen-bond acceptors (Lipinski definition) is 1. The minimum Gasteiger partial charge on any atom is -0.142 e. The molecule has 62 valence electrons. The Morgan fingerprint density at radius 3 is 2.18 bits per heavy atom. The molecule has 0 bridgehead atoms. The van der Waals surface area contributed by atoms with Gasteiger partial charge < -0.3 is 0 Å². The van der Waals surface area contributed by atoms with Gasteiger partial charge in [-0.15, -0.1) is 12.6 Å². The smallest absolute Gasteiger partial charge is 0.0541 e. The highest BCUT2D eigenvalue weighted by molar-refractivity contribution is 7.80. The van der Waals surface area contributed by atoms with E-state index in [1.165, 1.54) is 0 Å². The van der Waals surface area contributed by atoms with Crippen LogP contribution in [-0.4, -0.2) is 0 Å². The normalized spacial score (nSPS) is 8.45. The fraction of sp³-hybridized carbons (Fsp3) is 0.333. The lowest BCUT2D eigenvalue weighted by Gasteiger charge is -1.95. The maximum absolute atomic E-state index is 5.74. The van der Waals surface area contributed by atoms with Crippen LogP contribution in [0, 0.1) is 6.92 Å². The summed E-state index contributed by atoms with van der Waals surface area (Å²) in [5.41, 5.74) is 1.16. The molecule has 0 saturated carbocycles. The molecule has 0 heterocycles. The molecule has 0 aliphatic rings. The van der Waals surface area contributed by atoms with Crippen molar-refractivity contribution >= 4 is 24.2 Å². The van der Waals surface area contributed by atoms with Gasteiger partial charge in [0.05, 0.1) is 5.02 Å². The van der Waals surface area contributed by atoms with E-state index in [9.17, 15) is 0 Å². The Hall–Kier alpha value is -0.140. The minimum absolute atomic E-state index is 0.721. The van der Waals surface area contributed by atoms with Crippen molar-refractivity contribution in [3.05, 3.63) is 28.8 Å². The van der Waals surface area contributed by atoms with Crippen LogP contribution in [0.25, 0.3) is 0 Å². The van der Waals surface area contributed by atoms with Gasteiger partial charge >= 0.3 is 0 Å². The van der Waals surface area contributed by atoms with E-state index in [0.717, 1.165) is 15.5 Å². The standard InChI is InChI=1S/C7H7ClS.C2H6/c1-5-2-3-7(9)6(8)4-5;1-2/h2-4,9H,1H3;1-2H3. The lowest BCUT2D eigenvalue weighted by atomic mass is 10.2. The van der Waals surface area contributed by atoms with Gasteiger partial charge in [-0.25, -0.2) is 0 Å². The van der Waals surface area contributed by atoms with Crippen molar-refractivity contribution in [2.75, 3.05) is 0 Å². The number of halogens is 1. The van der Waals surface area contributed by atoms with Crippen molar-refractivity contribution in [2.45, 2.75) is 25.7 Å². The zero-order chi connectivity index (χ0) is 8.85. The van der Waals surface area contributed by atoms with Gasteiger partial charge in [0.1, 0.15) is 0 Å². The van der Waals surface area contributed by atoms with Gasteiger partial charge in [-0.05, 0) is 24.6 Å². The summed E-state index contributed by atoms with van der Waals surface area (Å²) in [6.45, 7) is 6.00. The molecule has 0 radical (unpaired) electrons. The van der Waals surface area contributed by atoms with Crippen LogP contribution in [-0.2, 0) is 0 Å². The summed E-state index contributed by atoms with van der Waals surface area (Å²) < 4.78 is 0. The van der Waals surface area contributed by atoms with E-state index in [4.69, 9.17) is 11.6 Å². The summed E-state index contributed by atoms with van der Waals surface area (Å²) in [4.78, 5) is 0.835. The Kier molecular flexibility index (Phi) is 5.43. The lowest BCUT2D eigenvalue weighted by molar-refractivity contribution is 1.38. The maximum atomic E-state index is 5.74. The molecular weight excluding hydrogens is 176 g/mol. The first kappa shape index (κ1) is 10.9. The molecule has 0 aliphatic carbocycles. The summed E-state index contributed by atoms with van der Waals surface area (Å²) in [7, 11) is 0. The van der Waals surface area contributed by atoms with Crippen LogP contribution >= 0.6 is 24.2 Å². The molecule has 0 nitrogen and oxygen atoms in total. The first-order valence-electron chi connectivity index (χ1n) is 3.65. The predicted octanol–water partition coefficient (Wildman–Crippen LogP) is 3.96. The molecule has 1 rings (SSSR count). The summed E-state index contributed by atoms with van der Waals surface area (Å²) in [5, 5.41) is 0.721. The lowest BCUT2D eigenvalue weighted by Crippen LogP contribution is -1.71. The van der Waals surface area contributed by atoms with Gasteiger partial charge in [-0.2, -0.15) is 0 Å². The second-order valence-electron chi connectivity index (χ2n) is 1.95. The molecule has 0 saturated heterocycles. The monoisotopic (exact) mass is 188 g/mol. The Morgan fingerprint density at radius 2 is 1.82 bits per heavy atom. The Labute approximate surface area is 79.0 Å². The van der Waals surface area contributed by atoms with Crippen molar-refractivity contribution in [2.24, 2.45) is 0 Å². The van der Waals surface area contributed by atoms with Gasteiger partial charge in [0, 0.05) is 4.90 Å². The number of hydrogen-bond donors (Lipinski definition) is 1. The third-order valence-electron chi connectivity index (χ3n) is 1.10. The van der Waals surface area contributed by atoms with Gasteiger partial charge in [0.15, 0.2) is 0 Å². The Balaban J connectivity index is 0.000000461. The molecule has 0 atom stereocenters. The van der Waals surface area contributed by atoms with E-state index < -0.39 is 0 Å². The number of aryl methyl sites for hydroxylation is 1. The van der Waals surface area contributed by atoms with Crippen LogP contribution in [0.1, 0.15) is 19.4 Å². The third-order valence-corrected chi connectivity index (χ3v) is 1.94. The van der Waals surface area contributed by atoms with Crippen LogP contribution in [0.2, 0.25) is 5.02 Å². The van der Waals surface area contributed by atoms with Crippen molar-refractivity contribution in [3.8, 4) is 0 Å². The van der Waals surface area contributed by atoms with E-state index in [0.29, 0.717) is 0 Å². The maximum Gasteiger partial charge on any atom is 0.0541 e. The summed E-state index contributed by atoms with van der Waals surface area (Å²) >= 11 is 9.85. The number of thiol groups is 1. The average Bonchev–Trinajstić information content (AvgIpc) is 2.02. The average molecular weight is 189 g/mol. The van der Waals surface area contributed by atoms with E-state index in [1.54, 1.807) is 0 Å². The molecule has 1 aromatic rings. The second kappa shape index (κ2) is 5.50. The van der Waals surface area contributed by atoms with E-state index in [2.05, 4.69) is 12.6 Å². The van der Waals surface area contributed by atoms with Gasteiger partial charge in [0.2, 0.25) is 0 Å². The molecule has 0 aliphatic heterocycles. The zero-order valence-corrected chi connectivity index (χ0v) is 8.71. The molecular formula is C9H13ClS. The van der Waals surface area contributed by atoms with E-state index in [-0.39, 0.29) is 0 Å². The SMILES string of the molecule is CC.Cc1ccc(S)c(Cl)c1. The van der Waals surface area contributed by atoms with Crippen molar-refractivity contribution in [3.63, 3.8) is 0 Å². The van der Waals surface area contributed by atoms with E-state index >= 15 is 0 Å². The molecule has 0 spiro atoms. The van der Waals surface area contributed by atoms with Crippen LogP contribution in [0.3, 0.4) is 0 Å². The summed E-state index contributed by atoms with van der Waals surface area (Å²) in [6, 6.07) is 5.76. The van der Waals surface area contributed by atoms with Crippen molar-refractivity contribution < 1.29 is 0 Å². The minimum atomic E-state index is 0.721. The number of benzene rings is 1. The van der Waals surface area contributed by atoms with Gasteiger partial charge in [-0.1, -0.05) is 31.5 Å².